The zero-order valence-electron chi connectivity index (χ0n) is 27.9. The summed E-state index contributed by atoms with van der Waals surface area (Å²) in [5, 5.41) is 2.74. The molecule has 2 aliphatic rings. The maximum atomic E-state index is 14.2. The summed E-state index contributed by atoms with van der Waals surface area (Å²) in [5.74, 6) is -0.865. The van der Waals surface area contributed by atoms with Crippen molar-refractivity contribution >= 4 is 34.7 Å². The number of aromatic amines is 1. The highest BCUT2D eigenvalue weighted by atomic mass is 19.4. The van der Waals surface area contributed by atoms with E-state index in [-0.39, 0.29) is 58.0 Å². The molecule has 262 valence electrons. The highest BCUT2D eigenvalue weighted by Crippen LogP contribution is 2.46. The van der Waals surface area contributed by atoms with Crippen molar-refractivity contribution < 1.29 is 32.2 Å². The minimum atomic E-state index is -4.56. The van der Waals surface area contributed by atoms with E-state index in [1.54, 1.807) is 30.9 Å². The fourth-order valence-electron chi connectivity index (χ4n) is 6.78. The van der Waals surface area contributed by atoms with Crippen molar-refractivity contribution in [1.82, 2.24) is 29.5 Å². The van der Waals surface area contributed by atoms with Gasteiger partial charge in [-0.1, -0.05) is 12.8 Å². The van der Waals surface area contributed by atoms with Crippen LogP contribution in [0.25, 0.3) is 22.4 Å². The molecule has 2 aliphatic carbocycles. The minimum Gasteiger partial charge on any atom is -0.466 e. The number of imidazole rings is 2. The Morgan fingerprint density at radius 2 is 1.94 bits per heavy atom. The van der Waals surface area contributed by atoms with Crippen LogP contribution in [0.1, 0.15) is 86.0 Å². The van der Waals surface area contributed by atoms with Crippen LogP contribution < -0.4 is 10.2 Å². The number of carbonyl (C=O) groups is 2. The van der Waals surface area contributed by atoms with E-state index in [0.717, 1.165) is 31.7 Å². The van der Waals surface area contributed by atoms with Gasteiger partial charge in [0.2, 0.25) is 5.95 Å². The molecule has 2 N–H and O–H groups in total. The number of alkyl halides is 3. The Labute approximate surface area is 281 Å². The molecule has 15 heteroatoms. The minimum absolute atomic E-state index is 0.0728. The van der Waals surface area contributed by atoms with Gasteiger partial charge in [-0.2, -0.15) is 18.2 Å². The number of anilines is 2. The van der Waals surface area contributed by atoms with Crippen molar-refractivity contribution in [2.24, 2.45) is 5.41 Å². The number of halogens is 3. The molecule has 2 fully saturated rings. The molecular weight excluding hydrogens is 641 g/mol. The van der Waals surface area contributed by atoms with Crippen molar-refractivity contribution in [1.29, 1.82) is 0 Å². The Morgan fingerprint density at radius 1 is 1.16 bits per heavy atom. The van der Waals surface area contributed by atoms with Crippen molar-refractivity contribution in [2.45, 2.75) is 76.9 Å². The van der Waals surface area contributed by atoms with E-state index in [1.165, 1.54) is 12.5 Å². The number of hydrogen-bond donors (Lipinski definition) is 2. The zero-order chi connectivity index (χ0) is 34.8. The smallest absolute Gasteiger partial charge is 0.418 e. The number of pyridine rings is 2. The van der Waals surface area contributed by atoms with Crippen LogP contribution in [0.15, 0.2) is 30.9 Å². The number of nitrogens with one attached hydrogen (secondary N) is 2. The van der Waals surface area contributed by atoms with Gasteiger partial charge in [0, 0.05) is 63.0 Å². The predicted molar refractivity (Wildman–Crippen MR) is 176 cm³/mol. The van der Waals surface area contributed by atoms with E-state index in [2.05, 4.69) is 35.1 Å². The summed E-state index contributed by atoms with van der Waals surface area (Å²) >= 11 is 0. The van der Waals surface area contributed by atoms with Crippen molar-refractivity contribution in [2.75, 3.05) is 44.1 Å². The summed E-state index contributed by atoms with van der Waals surface area (Å²) in [6, 6.07) is 2.87. The van der Waals surface area contributed by atoms with E-state index >= 15 is 0 Å². The predicted octanol–water partition coefficient (Wildman–Crippen LogP) is 6.35. The number of amides is 1. The Kier molecular flexibility index (Phi) is 9.91. The molecule has 4 aromatic rings. The first-order valence-electron chi connectivity index (χ1n) is 16.7. The maximum absolute atomic E-state index is 14.2. The summed E-state index contributed by atoms with van der Waals surface area (Å²) in [6.07, 6.45) is 6.31. The molecular formula is C34H41F3N8O4. The van der Waals surface area contributed by atoms with E-state index in [9.17, 15) is 22.8 Å². The second-order valence-electron chi connectivity index (χ2n) is 13.1. The van der Waals surface area contributed by atoms with Gasteiger partial charge < -0.3 is 23.9 Å². The average Bonchev–Trinajstić information content (AvgIpc) is 3.40. The highest BCUT2D eigenvalue weighted by molar-refractivity contribution is 6.03. The van der Waals surface area contributed by atoms with Crippen LogP contribution in [0.5, 0.6) is 0 Å². The number of esters is 1. The molecule has 0 radical (unpaired) electrons. The molecule has 0 saturated heterocycles. The van der Waals surface area contributed by atoms with Crippen molar-refractivity contribution in [3.05, 3.63) is 47.8 Å². The Morgan fingerprint density at radius 3 is 2.63 bits per heavy atom. The van der Waals surface area contributed by atoms with Crippen molar-refractivity contribution in [3.63, 3.8) is 0 Å². The topological polar surface area (TPSA) is 140 Å². The average molecular weight is 683 g/mol. The van der Waals surface area contributed by atoms with Gasteiger partial charge in [0.05, 0.1) is 42.2 Å². The summed E-state index contributed by atoms with van der Waals surface area (Å²) in [4.78, 5) is 47.7. The third-order valence-corrected chi connectivity index (χ3v) is 9.22. The summed E-state index contributed by atoms with van der Waals surface area (Å²) < 4.78 is 54.8. The van der Waals surface area contributed by atoms with Crippen LogP contribution in [-0.4, -0.2) is 75.3 Å². The van der Waals surface area contributed by atoms with Gasteiger partial charge in [0.15, 0.2) is 5.65 Å². The Balaban J connectivity index is 1.30. The lowest BCUT2D eigenvalue weighted by atomic mass is 9.86. The lowest BCUT2D eigenvalue weighted by molar-refractivity contribution is -0.143. The molecule has 49 heavy (non-hydrogen) atoms. The standard InChI is InChI=1S/C34H41F3N8O4/c1-4-49-27(46)8-7-13-45-17-25(39-20-45)31(47)43-32-41-29-26(44(2)18-33(19-48-3)11-5-6-12-33)15-24(40-30(29)42-32)22-14-23(34(35,36)37)28(38-16-22)21-9-10-21/h14-17,20-21H,4-13,18-19H2,1-3H3,(H2,40,41,42,43,47). The van der Waals surface area contributed by atoms with E-state index in [1.807, 2.05) is 7.05 Å². The SMILES string of the molecule is CCOC(=O)CCCn1cnc(C(=O)Nc2nc3nc(-c4cnc(C5CC5)c(C(F)(F)F)c4)cc(N(C)CC4(COC)CCCC4)c3[nH]2)c1. The molecule has 0 aliphatic heterocycles. The van der Waals surface area contributed by atoms with Crippen molar-refractivity contribution in [3.8, 4) is 11.3 Å². The molecule has 0 atom stereocenters. The first-order valence-corrected chi connectivity index (χ1v) is 16.7. The molecule has 4 heterocycles. The van der Waals surface area contributed by atoms with Gasteiger partial charge in [0.1, 0.15) is 11.2 Å². The van der Waals surface area contributed by atoms with Gasteiger partial charge in [-0.3, -0.25) is 19.9 Å². The normalized spacial score (nSPS) is 15.9. The zero-order valence-corrected chi connectivity index (χ0v) is 27.9. The lowest BCUT2D eigenvalue weighted by Gasteiger charge is -2.34. The molecule has 0 spiro atoms. The number of fused-ring (bicyclic) bond motifs is 1. The molecule has 0 unspecified atom stereocenters. The molecule has 2 saturated carbocycles. The number of methoxy groups -OCH3 is 1. The van der Waals surface area contributed by atoms with Gasteiger partial charge in [0.25, 0.3) is 5.91 Å². The molecule has 1 amide bonds. The van der Waals surface area contributed by atoms with Crippen LogP contribution in [0.4, 0.5) is 24.8 Å². The second-order valence-corrected chi connectivity index (χ2v) is 13.1. The number of H-pyrrole nitrogens is 1. The van der Waals surface area contributed by atoms with Crippen LogP contribution in [-0.2, 0) is 27.0 Å². The molecule has 0 aromatic carbocycles. The van der Waals surface area contributed by atoms with Gasteiger partial charge >= 0.3 is 12.1 Å². The van der Waals surface area contributed by atoms with Gasteiger partial charge in [-0.05, 0) is 51.2 Å². The Bertz CT molecular complexity index is 1810. The van der Waals surface area contributed by atoms with E-state index in [0.29, 0.717) is 56.8 Å². The lowest BCUT2D eigenvalue weighted by Crippen LogP contribution is -2.37. The summed E-state index contributed by atoms with van der Waals surface area (Å²) in [7, 11) is 3.62. The highest BCUT2D eigenvalue weighted by Gasteiger charge is 2.40. The molecule has 4 aromatic heterocycles. The largest absolute Gasteiger partial charge is 0.466 e. The van der Waals surface area contributed by atoms with Gasteiger partial charge in [-0.15, -0.1) is 0 Å². The maximum Gasteiger partial charge on any atom is 0.418 e. The van der Waals surface area contributed by atoms with Gasteiger partial charge in [-0.25, -0.2) is 9.97 Å². The van der Waals surface area contributed by atoms with E-state index < -0.39 is 17.6 Å². The van der Waals surface area contributed by atoms with Crippen LogP contribution in [0.3, 0.4) is 0 Å². The number of aryl methyl sites for hydroxylation is 1. The van der Waals surface area contributed by atoms with E-state index in [4.69, 9.17) is 9.47 Å². The third kappa shape index (κ3) is 7.87. The number of carbonyl (C=O) groups excluding carboxylic acids is 2. The summed E-state index contributed by atoms with van der Waals surface area (Å²) in [5.41, 5.74) is 1.32. The fourth-order valence-corrected chi connectivity index (χ4v) is 6.78. The number of rotatable bonds is 14. The molecule has 12 nitrogen and oxygen atoms in total. The third-order valence-electron chi connectivity index (χ3n) is 9.22. The molecule has 0 bridgehead atoms. The quantitative estimate of drug-likeness (QED) is 0.146. The van der Waals surface area contributed by atoms with Crippen LogP contribution >= 0.6 is 0 Å². The fraction of sp³-hybridized carbons (Fsp3) is 0.529. The van der Waals surface area contributed by atoms with Crippen LogP contribution in [0, 0.1) is 5.41 Å². The first kappa shape index (κ1) is 34.3. The second kappa shape index (κ2) is 14.1. The monoisotopic (exact) mass is 682 g/mol. The Hall–Kier alpha value is -4.53. The van der Waals surface area contributed by atoms with Crippen LogP contribution in [0.2, 0.25) is 0 Å². The molecule has 6 rings (SSSR count). The number of aromatic nitrogens is 6. The number of hydrogen-bond acceptors (Lipinski definition) is 9. The summed E-state index contributed by atoms with van der Waals surface area (Å²) in [6.45, 7) is 3.77. The number of nitrogens with zero attached hydrogens (tertiary/aromatic N) is 6. The first-order chi connectivity index (χ1) is 23.5. The number of ether oxygens (including phenoxy) is 2.